The maximum Gasteiger partial charge on any atom is 0.322 e. The zero-order valence-electron chi connectivity index (χ0n) is 12.3. The summed E-state index contributed by atoms with van der Waals surface area (Å²) in [5.74, 6) is -1.53. The molecule has 0 unspecified atom stereocenters. The minimum atomic E-state index is -3.92. The summed E-state index contributed by atoms with van der Waals surface area (Å²) in [7, 11) is -3.92. The fraction of sp³-hybridized carbons (Fsp3) is 0.429. The lowest BCUT2D eigenvalue weighted by Crippen LogP contribution is -2.41. The molecule has 8 heteroatoms. The van der Waals surface area contributed by atoms with Gasteiger partial charge in [-0.3, -0.25) is 9.59 Å². The molecule has 2 rings (SSSR count). The topological polar surface area (TPSA) is 104 Å². The molecule has 1 aromatic carbocycles. The van der Waals surface area contributed by atoms with Crippen molar-refractivity contribution in [2.24, 2.45) is 0 Å². The van der Waals surface area contributed by atoms with Crippen LogP contribution >= 0.6 is 0 Å². The van der Waals surface area contributed by atoms with E-state index in [0.29, 0.717) is 0 Å². The van der Waals surface area contributed by atoms with E-state index in [4.69, 9.17) is 0 Å². The second-order valence-electron chi connectivity index (χ2n) is 5.38. The van der Waals surface area contributed by atoms with E-state index in [1.807, 2.05) is 0 Å². The van der Waals surface area contributed by atoms with Crippen molar-refractivity contribution in [3.05, 3.63) is 29.8 Å². The van der Waals surface area contributed by atoms with Crippen molar-refractivity contribution in [1.29, 1.82) is 0 Å². The molecule has 1 amide bonds. The first-order valence-electron chi connectivity index (χ1n) is 6.80. The Kier molecular flexibility index (Phi) is 4.52. The lowest BCUT2D eigenvalue weighted by atomic mass is 10.2. The van der Waals surface area contributed by atoms with E-state index in [1.54, 1.807) is 19.1 Å². The molecule has 2 N–H and O–H groups in total. The molecule has 0 spiro atoms. The monoisotopic (exact) mass is 326 g/mol. The highest BCUT2D eigenvalue weighted by Crippen LogP contribution is 2.27. The standard InChI is InChI=1S/C14H18N2O5S/c1-9-4-3-5-12(6-9)22(20,21)16-8-11(15-10(2)17)7-13(16)14(18)19/h3-6,11,13H,7-8H2,1-2H3,(H,15,17)(H,18,19)/t11-,13-/m0/s1. The van der Waals surface area contributed by atoms with Crippen molar-refractivity contribution in [2.45, 2.75) is 37.2 Å². The number of hydrogen-bond acceptors (Lipinski definition) is 4. The molecule has 2 atom stereocenters. The highest BCUT2D eigenvalue weighted by molar-refractivity contribution is 7.89. The van der Waals surface area contributed by atoms with Gasteiger partial charge in [-0.25, -0.2) is 8.42 Å². The summed E-state index contributed by atoms with van der Waals surface area (Å²) >= 11 is 0. The van der Waals surface area contributed by atoms with Crippen LogP contribution in [0.4, 0.5) is 0 Å². The van der Waals surface area contributed by atoms with Gasteiger partial charge in [-0.15, -0.1) is 0 Å². The molecule has 120 valence electrons. The van der Waals surface area contributed by atoms with Gasteiger partial charge in [0.2, 0.25) is 15.9 Å². The van der Waals surface area contributed by atoms with E-state index in [9.17, 15) is 23.1 Å². The molecule has 0 aliphatic carbocycles. The number of carboxylic acids is 1. The van der Waals surface area contributed by atoms with Gasteiger partial charge in [-0.2, -0.15) is 4.31 Å². The zero-order chi connectivity index (χ0) is 16.5. The van der Waals surface area contributed by atoms with E-state index in [2.05, 4.69) is 5.32 Å². The number of nitrogens with one attached hydrogen (secondary N) is 1. The second kappa shape index (κ2) is 6.05. The molecule has 0 aromatic heterocycles. The first-order valence-corrected chi connectivity index (χ1v) is 8.24. The largest absolute Gasteiger partial charge is 0.480 e. The quantitative estimate of drug-likeness (QED) is 0.831. The lowest BCUT2D eigenvalue weighted by molar-refractivity contribution is -0.140. The molecule has 0 radical (unpaired) electrons. The number of carbonyl (C=O) groups excluding carboxylic acids is 1. The number of hydrogen-bond donors (Lipinski definition) is 2. The van der Waals surface area contributed by atoms with Crippen LogP contribution in [0, 0.1) is 6.92 Å². The number of amides is 1. The zero-order valence-corrected chi connectivity index (χ0v) is 13.1. The number of sulfonamides is 1. The van der Waals surface area contributed by atoms with Crippen LogP contribution in [0.25, 0.3) is 0 Å². The highest BCUT2D eigenvalue weighted by atomic mass is 32.2. The van der Waals surface area contributed by atoms with Crippen molar-refractivity contribution in [3.63, 3.8) is 0 Å². The second-order valence-corrected chi connectivity index (χ2v) is 7.27. The molecule has 1 aliphatic heterocycles. The predicted octanol–water partition coefficient (Wildman–Crippen LogP) is 0.347. The van der Waals surface area contributed by atoms with Gasteiger partial charge in [0.1, 0.15) is 6.04 Å². The summed E-state index contributed by atoms with van der Waals surface area (Å²) in [4.78, 5) is 22.5. The van der Waals surface area contributed by atoms with Gasteiger partial charge in [-0.1, -0.05) is 12.1 Å². The van der Waals surface area contributed by atoms with Crippen LogP contribution in [0.5, 0.6) is 0 Å². The van der Waals surface area contributed by atoms with Crippen LogP contribution in [0.2, 0.25) is 0 Å². The smallest absolute Gasteiger partial charge is 0.322 e. The number of nitrogens with zero attached hydrogens (tertiary/aromatic N) is 1. The van der Waals surface area contributed by atoms with Gasteiger partial charge in [0.05, 0.1) is 4.90 Å². The third-order valence-corrected chi connectivity index (χ3v) is 5.41. The van der Waals surface area contributed by atoms with E-state index >= 15 is 0 Å². The molecule has 1 heterocycles. The first kappa shape index (κ1) is 16.4. The van der Waals surface area contributed by atoms with Crippen molar-refractivity contribution in [2.75, 3.05) is 6.54 Å². The Morgan fingerprint density at radius 3 is 2.59 bits per heavy atom. The van der Waals surface area contributed by atoms with Crippen molar-refractivity contribution in [3.8, 4) is 0 Å². The van der Waals surface area contributed by atoms with E-state index in [-0.39, 0.29) is 23.8 Å². The third kappa shape index (κ3) is 3.28. The molecule has 1 saturated heterocycles. The van der Waals surface area contributed by atoms with Crippen molar-refractivity contribution >= 4 is 21.9 Å². The molecular formula is C14H18N2O5S. The number of aryl methyl sites for hydroxylation is 1. The van der Waals surface area contributed by atoms with Crippen LogP contribution in [-0.2, 0) is 19.6 Å². The average Bonchev–Trinajstić information content (AvgIpc) is 2.82. The molecule has 1 fully saturated rings. The molecule has 7 nitrogen and oxygen atoms in total. The SMILES string of the molecule is CC(=O)N[C@H]1C[C@@H](C(=O)O)N(S(=O)(=O)c2cccc(C)c2)C1. The Morgan fingerprint density at radius 2 is 2.05 bits per heavy atom. The van der Waals surface area contributed by atoms with Crippen LogP contribution in [0.1, 0.15) is 18.9 Å². The van der Waals surface area contributed by atoms with Crippen LogP contribution < -0.4 is 5.32 Å². The molecule has 0 bridgehead atoms. The van der Waals surface area contributed by atoms with Crippen LogP contribution in [0.15, 0.2) is 29.2 Å². The summed E-state index contributed by atoms with van der Waals surface area (Å²) in [6.07, 6.45) is 0.0555. The normalized spacial score (nSPS) is 22.5. The highest BCUT2D eigenvalue weighted by Gasteiger charge is 2.44. The molecule has 1 aliphatic rings. The Hall–Kier alpha value is -1.93. The Balaban J connectivity index is 2.35. The lowest BCUT2D eigenvalue weighted by Gasteiger charge is -2.21. The predicted molar refractivity (Wildman–Crippen MR) is 78.7 cm³/mol. The van der Waals surface area contributed by atoms with E-state index in [0.717, 1.165) is 9.87 Å². The minimum Gasteiger partial charge on any atom is -0.480 e. The molecule has 1 aromatic rings. The van der Waals surface area contributed by atoms with Crippen LogP contribution in [0.3, 0.4) is 0 Å². The fourth-order valence-electron chi connectivity index (χ4n) is 2.60. The van der Waals surface area contributed by atoms with Crippen molar-refractivity contribution in [1.82, 2.24) is 9.62 Å². The fourth-order valence-corrected chi connectivity index (χ4v) is 4.34. The minimum absolute atomic E-state index is 0.0488. The first-order chi connectivity index (χ1) is 10.2. The Bertz CT molecular complexity index is 701. The van der Waals surface area contributed by atoms with Crippen molar-refractivity contribution < 1.29 is 23.1 Å². The van der Waals surface area contributed by atoms with E-state index in [1.165, 1.54) is 19.1 Å². The van der Waals surface area contributed by atoms with Crippen LogP contribution in [-0.4, -0.2) is 48.3 Å². The number of aliphatic carboxylic acids is 1. The summed E-state index contributed by atoms with van der Waals surface area (Å²) in [6.45, 7) is 3.03. The summed E-state index contributed by atoms with van der Waals surface area (Å²) < 4.78 is 26.3. The van der Waals surface area contributed by atoms with Gasteiger partial charge < -0.3 is 10.4 Å². The molecule has 0 saturated carbocycles. The van der Waals surface area contributed by atoms with Gasteiger partial charge in [0.15, 0.2) is 0 Å². The summed E-state index contributed by atoms with van der Waals surface area (Å²) in [5, 5.41) is 11.9. The number of carboxylic acid groups (broad SMARTS) is 1. The summed E-state index contributed by atoms with van der Waals surface area (Å²) in [6, 6.07) is 4.63. The average molecular weight is 326 g/mol. The molecule has 22 heavy (non-hydrogen) atoms. The summed E-state index contributed by atoms with van der Waals surface area (Å²) in [5.41, 5.74) is 0.769. The Morgan fingerprint density at radius 1 is 1.36 bits per heavy atom. The van der Waals surface area contributed by atoms with Gasteiger partial charge in [0.25, 0.3) is 0 Å². The third-order valence-electron chi connectivity index (χ3n) is 3.54. The van der Waals surface area contributed by atoms with E-state index < -0.39 is 28.1 Å². The maximum absolute atomic E-state index is 12.7. The van der Waals surface area contributed by atoms with Gasteiger partial charge in [0, 0.05) is 19.5 Å². The maximum atomic E-state index is 12.7. The molecular weight excluding hydrogens is 308 g/mol. The number of benzene rings is 1. The number of carbonyl (C=O) groups is 2. The van der Waals surface area contributed by atoms with Gasteiger partial charge in [-0.05, 0) is 31.0 Å². The van der Waals surface area contributed by atoms with Gasteiger partial charge >= 0.3 is 5.97 Å². The number of rotatable bonds is 4. The Labute approximate surface area is 129 Å².